The van der Waals surface area contributed by atoms with Crippen LogP contribution in [0.25, 0.3) is 0 Å². The van der Waals surface area contributed by atoms with Crippen LogP contribution < -0.4 is 10.6 Å². The Morgan fingerprint density at radius 2 is 2.15 bits per heavy atom. The lowest BCUT2D eigenvalue weighted by molar-refractivity contribution is 0.0481. The van der Waals surface area contributed by atoms with Crippen LogP contribution in [0.15, 0.2) is 11.2 Å². The van der Waals surface area contributed by atoms with Crippen LogP contribution in [0.1, 0.15) is 37.6 Å². The highest BCUT2D eigenvalue weighted by Gasteiger charge is 2.26. The van der Waals surface area contributed by atoms with Crippen LogP contribution in [0.5, 0.6) is 0 Å². The summed E-state index contributed by atoms with van der Waals surface area (Å²) in [6.45, 7) is 5.17. The van der Waals surface area contributed by atoms with Crippen LogP contribution in [0, 0.1) is 6.92 Å². The third-order valence-electron chi connectivity index (χ3n) is 3.56. The molecule has 0 radical (unpaired) electrons. The average molecular weight is 279 g/mol. The molecule has 1 fully saturated rings. The van der Waals surface area contributed by atoms with Crippen molar-refractivity contribution in [3.8, 4) is 0 Å². The number of aliphatic hydroxyl groups is 1. The number of rotatable bonds is 2. The van der Waals surface area contributed by atoms with Gasteiger partial charge in [0.2, 0.25) is 5.95 Å². The molecule has 1 atom stereocenters. The number of hydrogen-bond acceptors (Lipinski definition) is 6. The SMILES string of the molecule is Cc1cc(/C(N)=N/O)nc(N2CCCC(C)(O)CC2)n1. The molecule has 1 aliphatic heterocycles. The van der Waals surface area contributed by atoms with E-state index in [2.05, 4.69) is 15.1 Å². The van der Waals surface area contributed by atoms with Gasteiger partial charge in [0.15, 0.2) is 5.84 Å². The van der Waals surface area contributed by atoms with Crippen LogP contribution in [0.3, 0.4) is 0 Å². The van der Waals surface area contributed by atoms with Crippen LogP contribution in [0.2, 0.25) is 0 Å². The lowest BCUT2D eigenvalue weighted by atomic mass is 9.98. The number of anilines is 1. The predicted octanol–water partition coefficient (Wildman–Crippen LogP) is 0.621. The Morgan fingerprint density at radius 1 is 1.40 bits per heavy atom. The smallest absolute Gasteiger partial charge is 0.226 e. The van der Waals surface area contributed by atoms with Gasteiger partial charge in [-0.2, -0.15) is 0 Å². The fourth-order valence-electron chi connectivity index (χ4n) is 2.34. The minimum absolute atomic E-state index is 0.0291. The zero-order valence-electron chi connectivity index (χ0n) is 11.9. The number of amidine groups is 1. The summed E-state index contributed by atoms with van der Waals surface area (Å²) in [7, 11) is 0. The average Bonchev–Trinajstić information content (AvgIpc) is 2.58. The van der Waals surface area contributed by atoms with Gasteiger partial charge in [0.05, 0.1) is 5.60 Å². The van der Waals surface area contributed by atoms with Gasteiger partial charge in [-0.1, -0.05) is 5.16 Å². The van der Waals surface area contributed by atoms with Crippen molar-refractivity contribution in [2.75, 3.05) is 18.0 Å². The first-order valence-electron chi connectivity index (χ1n) is 6.72. The molecule has 1 unspecified atom stereocenters. The molecule has 0 aliphatic carbocycles. The number of nitrogens with zero attached hydrogens (tertiary/aromatic N) is 4. The molecule has 0 amide bonds. The minimum atomic E-state index is -0.632. The third kappa shape index (κ3) is 3.36. The second-order valence-corrected chi connectivity index (χ2v) is 5.52. The van der Waals surface area contributed by atoms with E-state index >= 15 is 0 Å². The van der Waals surface area contributed by atoms with Gasteiger partial charge in [-0.3, -0.25) is 0 Å². The lowest BCUT2D eigenvalue weighted by Gasteiger charge is -2.23. The van der Waals surface area contributed by atoms with E-state index in [4.69, 9.17) is 10.9 Å². The molecule has 1 aromatic rings. The standard InChI is InChI=1S/C13H21N5O2/c1-9-8-10(11(14)17-20)16-12(15-9)18-6-3-4-13(2,19)5-7-18/h8,19-20H,3-7H2,1-2H3,(H2,14,17). The fourth-order valence-corrected chi connectivity index (χ4v) is 2.34. The molecular formula is C13H21N5O2. The van der Waals surface area contributed by atoms with Crippen molar-refractivity contribution in [2.24, 2.45) is 10.9 Å². The summed E-state index contributed by atoms with van der Waals surface area (Å²) in [6.07, 6.45) is 2.31. The molecule has 2 rings (SSSR count). The van der Waals surface area contributed by atoms with Crippen molar-refractivity contribution in [1.29, 1.82) is 0 Å². The first-order valence-corrected chi connectivity index (χ1v) is 6.72. The summed E-state index contributed by atoms with van der Waals surface area (Å²) in [5.74, 6) is 0.530. The summed E-state index contributed by atoms with van der Waals surface area (Å²) >= 11 is 0. The molecule has 0 spiro atoms. The summed E-state index contributed by atoms with van der Waals surface area (Å²) in [6, 6.07) is 1.67. The normalized spacial score (nSPS) is 24.6. The monoisotopic (exact) mass is 279 g/mol. The largest absolute Gasteiger partial charge is 0.409 e. The maximum absolute atomic E-state index is 10.1. The van der Waals surface area contributed by atoms with Gasteiger partial charge < -0.3 is 20.9 Å². The fraction of sp³-hybridized carbons (Fsp3) is 0.615. The van der Waals surface area contributed by atoms with E-state index in [0.717, 1.165) is 25.1 Å². The Labute approximate surface area is 118 Å². The second kappa shape index (κ2) is 5.62. The molecule has 2 heterocycles. The molecule has 0 saturated carbocycles. The molecule has 20 heavy (non-hydrogen) atoms. The van der Waals surface area contributed by atoms with Crippen LogP contribution >= 0.6 is 0 Å². The molecule has 0 bridgehead atoms. The lowest BCUT2D eigenvalue weighted by Crippen LogP contribution is -2.30. The molecule has 7 nitrogen and oxygen atoms in total. The number of aromatic nitrogens is 2. The van der Waals surface area contributed by atoms with Gasteiger partial charge in [-0.15, -0.1) is 0 Å². The molecule has 7 heteroatoms. The van der Waals surface area contributed by atoms with E-state index in [9.17, 15) is 5.11 Å². The van der Waals surface area contributed by atoms with Crippen molar-refractivity contribution in [3.05, 3.63) is 17.5 Å². The summed E-state index contributed by atoms with van der Waals surface area (Å²) in [5.41, 5.74) is 6.12. The van der Waals surface area contributed by atoms with E-state index in [1.807, 2.05) is 18.7 Å². The minimum Gasteiger partial charge on any atom is -0.409 e. The Bertz CT molecular complexity index is 515. The third-order valence-corrected chi connectivity index (χ3v) is 3.56. The molecule has 1 aliphatic rings. The van der Waals surface area contributed by atoms with Gasteiger partial charge in [0, 0.05) is 18.8 Å². The highest BCUT2D eigenvalue weighted by atomic mass is 16.4. The molecule has 1 saturated heterocycles. The van der Waals surface area contributed by atoms with Crippen LogP contribution in [0.4, 0.5) is 5.95 Å². The first kappa shape index (κ1) is 14.5. The maximum atomic E-state index is 10.1. The van der Waals surface area contributed by atoms with E-state index in [1.165, 1.54) is 0 Å². The molecule has 4 N–H and O–H groups in total. The summed E-state index contributed by atoms with van der Waals surface area (Å²) in [4.78, 5) is 10.8. The van der Waals surface area contributed by atoms with E-state index in [0.29, 0.717) is 24.6 Å². The second-order valence-electron chi connectivity index (χ2n) is 5.52. The van der Waals surface area contributed by atoms with Gasteiger partial charge in [-0.05, 0) is 39.2 Å². The van der Waals surface area contributed by atoms with Gasteiger partial charge in [0.25, 0.3) is 0 Å². The van der Waals surface area contributed by atoms with Crippen molar-refractivity contribution in [3.63, 3.8) is 0 Å². The zero-order chi connectivity index (χ0) is 14.8. The summed E-state index contributed by atoms with van der Waals surface area (Å²) < 4.78 is 0. The van der Waals surface area contributed by atoms with Gasteiger partial charge in [0.1, 0.15) is 5.69 Å². The zero-order valence-corrected chi connectivity index (χ0v) is 11.9. The molecule has 0 aromatic carbocycles. The quantitative estimate of drug-likeness (QED) is 0.317. The highest BCUT2D eigenvalue weighted by molar-refractivity contribution is 5.95. The molecular weight excluding hydrogens is 258 g/mol. The van der Waals surface area contributed by atoms with E-state index in [1.54, 1.807) is 6.07 Å². The number of hydrogen-bond donors (Lipinski definition) is 3. The topological polar surface area (TPSA) is 108 Å². The first-order chi connectivity index (χ1) is 9.41. The highest BCUT2D eigenvalue weighted by Crippen LogP contribution is 2.23. The van der Waals surface area contributed by atoms with E-state index < -0.39 is 5.60 Å². The van der Waals surface area contributed by atoms with Crippen molar-refractivity contribution >= 4 is 11.8 Å². The number of nitrogens with two attached hydrogens (primary N) is 1. The van der Waals surface area contributed by atoms with Crippen LogP contribution in [-0.4, -0.2) is 44.8 Å². The van der Waals surface area contributed by atoms with E-state index in [-0.39, 0.29) is 5.84 Å². The predicted molar refractivity (Wildman–Crippen MR) is 76.0 cm³/mol. The number of oxime groups is 1. The molecule has 1 aromatic heterocycles. The Kier molecular flexibility index (Phi) is 4.08. The Hall–Kier alpha value is -1.89. The summed E-state index contributed by atoms with van der Waals surface area (Å²) in [5, 5.41) is 21.8. The van der Waals surface area contributed by atoms with Gasteiger partial charge in [-0.25, -0.2) is 9.97 Å². The Morgan fingerprint density at radius 3 is 2.85 bits per heavy atom. The van der Waals surface area contributed by atoms with Crippen LogP contribution in [-0.2, 0) is 0 Å². The van der Waals surface area contributed by atoms with Crippen molar-refractivity contribution in [2.45, 2.75) is 38.7 Å². The maximum Gasteiger partial charge on any atom is 0.226 e. The van der Waals surface area contributed by atoms with Crippen molar-refractivity contribution in [1.82, 2.24) is 9.97 Å². The van der Waals surface area contributed by atoms with Crippen molar-refractivity contribution < 1.29 is 10.3 Å². The number of aryl methyl sites for hydroxylation is 1. The molecule has 110 valence electrons. The Balaban J connectivity index is 2.26. The van der Waals surface area contributed by atoms with Gasteiger partial charge >= 0.3 is 0 Å².